The zero-order valence-corrected chi connectivity index (χ0v) is 17.0. The lowest BCUT2D eigenvalue weighted by molar-refractivity contribution is 0.0955. The maximum absolute atomic E-state index is 12.1. The van der Waals surface area contributed by atoms with Gasteiger partial charge in [-0.05, 0) is 59.1 Å². The predicted octanol–water partition coefficient (Wildman–Crippen LogP) is 4.45. The Morgan fingerprint density at radius 2 is 2.27 bits per heavy atom. The largest absolute Gasteiger partial charge is 0.493 e. The van der Waals surface area contributed by atoms with E-state index in [-0.39, 0.29) is 16.8 Å². The second-order valence-electron chi connectivity index (χ2n) is 5.41. The smallest absolute Gasteiger partial charge is 0.274 e. The van der Waals surface area contributed by atoms with Crippen molar-refractivity contribution in [2.24, 2.45) is 5.10 Å². The molecule has 1 heterocycles. The number of rotatable bonds is 7. The number of nitrogens with zero attached hydrogens (tertiary/aromatic N) is 2. The molecule has 0 spiro atoms. The first kappa shape index (κ1) is 20.2. The van der Waals surface area contributed by atoms with E-state index in [2.05, 4.69) is 31.4 Å². The molecule has 1 unspecified atom stereocenters. The Morgan fingerprint density at radius 3 is 2.92 bits per heavy atom. The van der Waals surface area contributed by atoms with Crippen LogP contribution in [0.15, 0.2) is 40.0 Å². The van der Waals surface area contributed by atoms with Crippen LogP contribution >= 0.6 is 27.5 Å². The van der Waals surface area contributed by atoms with Crippen LogP contribution in [0.1, 0.15) is 36.2 Å². The van der Waals surface area contributed by atoms with Crippen molar-refractivity contribution in [3.05, 3.63) is 51.2 Å². The SMILES string of the molecule is CCC(C)Oc1c(Br)cc(C=NNC(=O)c2cccnc2Cl)cc1OC. The summed E-state index contributed by atoms with van der Waals surface area (Å²) in [6.45, 7) is 4.03. The molecule has 2 rings (SSSR count). The lowest BCUT2D eigenvalue weighted by Crippen LogP contribution is -2.18. The van der Waals surface area contributed by atoms with Gasteiger partial charge in [-0.15, -0.1) is 0 Å². The van der Waals surface area contributed by atoms with Crippen molar-refractivity contribution < 1.29 is 14.3 Å². The standard InChI is InChI=1S/C18H19BrClN3O3/c1-4-11(2)26-16-14(19)8-12(9-15(16)25-3)10-22-23-18(24)13-6-5-7-21-17(13)20/h5-11H,4H2,1-3H3,(H,23,24). The Bertz CT molecular complexity index is 814. The Labute approximate surface area is 165 Å². The van der Waals surface area contributed by atoms with Crippen molar-refractivity contribution in [3.8, 4) is 11.5 Å². The van der Waals surface area contributed by atoms with Gasteiger partial charge >= 0.3 is 0 Å². The van der Waals surface area contributed by atoms with Crippen molar-refractivity contribution >= 4 is 39.7 Å². The van der Waals surface area contributed by atoms with Gasteiger partial charge in [0.05, 0.1) is 29.5 Å². The minimum Gasteiger partial charge on any atom is -0.493 e. The number of carbonyl (C=O) groups is 1. The molecule has 0 aliphatic rings. The number of hydrazone groups is 1. The van der Waals surface area contributed by atoms with Gasteiger partial charge in [0.15, 0.2) is 11.5 Å². The number of aromatic nitrogens is 1. The molecule has 138 valence electrons. The summed E-state index contributed by atoms with van der Waals surface area (Å²) < 4.78 is 12.0. The van der Waals surface area contributed by atoms with Crippen molar-refractivity contribution in [1.29, 1.82) is 0 Å². The Morgan fingerprint density at radius 1 is 1.50 bits per heavy atom. The monoisotopic (exact) mass is 439 g/mol. The predicted molar refractivity (Wildman–Crippen MR) is 105 cm³/mol. The second kappa shape index (κ2) is 9.54. The summed E-state index contributed by atoms with van der Waals surface area (Å²) in [6, 6.07) is 6.80. The second-order valence-corrected chi connectivity index (χ2v) is 6.62. The van der Waals surface area contributed by atoms with E-state index in [9.17, 15) is 4.79 Å². The molecule has 1 atom stereocenters. The quantitative estimate of drug-likeness (QED) is 0.392. The van der Waals surface area contributed by atoms with Crippen molar-refractivity contribution in [3.63, 3.8) is 0 Å². The number of amides is 1. The Balaban J connectivity index is 2.14. The number of benzene rings is 1. The summed E-state index contributed by atoms with van der Waals surface area (Å²) in [6.07, 6.45) is 3.95. The average Bonchev–Trinajstić information content (AvgIpc) is 2.63. The van der Waals surface area contributed by atoms with Gasteiger partial charge in [0.25, 0.3) is 5.91 Å². The van der Waals surface area contributed by atoms with E-state index in [4.69, 9.17) is 21.1 Å². The van der Waals surface area contributed by atoms with Gasteiger partial charge in [0.1, 0.15) is 5.15 Å². The number of pyridine rings is 1. The molecule has 0 aliphatic carbocycles. The molecular weight excluding hydrogens is 422 g/mol. The zero-order chi connectivity index (χ0) is 19.1. The number of carbonyl (C=O) groups excluding carboxylic acids is 1. The molecule has 1 N–H and O–H groups in total. The first-order valence-corrected chi connectivity index (χ1v) is 9.11. The van der Waals surface area contributed by atoms with Crippen molar-refractivity contribution in [2.45, 2.75) is 26.4 Å². The van der Waals surface area contributed by atoms with E-state index in [1.54, 1.807) is 25.3 Å². The molecule has 0 aliphatic heterocycles. The summed E-state index contributed by atoms with van der Waals surface area (Å²) in [5.74, 6) is 0.759. The fraction of sp³-hybridized carbons (Fsp3) is 0.278. The molecule has 6 nitrogen and oxygen atoms in total. The van der Waals surface area contributed by atoms with Crippen LogP contribution in [-0.4, -0.2) is 30.3 Å². The van der Waals surface area contributed by atoms with E-state index in [1.165, 1.54) is 12.4 Å². The highest BCUT2D eigenvalue weighted by molar-refractivity contribution is 9.10. The number of methoxy groups -OCH3 is 1. The molecule has 0 saturated heterocycles. The molecule has 0 saturated carbocycles. The highest BCUT2D eigenvalue weighted by atomic mass is 79.9. The maximum atomic E-state index is 12.1. The third kappa shape index (κ3) is 5.19. The van der Waals surface area contributed by atoms with Gasteiger partial charge < -0.3 is 9.47 Å². The Kier molecular flexibility index (Phi) is 7.41. The summed E-state index contributed by atoms with van der Waals surface area (Å²) in [5, 5.41) is 4.08. The molecule has 1 amide bonds. The summed E-state index contributed by atoms with van der Waals surface area (Å²) in [7, 11) is 1.57. The highest BCUT2D eigenvalue weighted by Gasteiger charge is 2.14. The molecule has 0 bridgehead atoms. The number of hydrogen-bond donors (Lipinski definition) is 1. The number of nitrogens with one attached hydrogen (secondary N) is 1. The van der Waals surface area contributed by atoms with Crippen molar-refractivity contribution in [2.75, 3.05) is 7.11 Å². The van der Waals surface area contributed by atoms with Gasteiger partial charge in [0, 0.05) is 6.20 Å². The van der Waals surface area contributed by atoms with E-state index < -0.39 is 5.91 Å². The average molecular weight is 441 g/mol. The van der Waals surface area contributed by atoms with E-state index >= 15 is 0 Å². The molecule has 0 radical (unpaired) electrons. The Hall–Kier alpha value is -2.12. The molecule has 1 aromatic carbocycles. The van der Waals surface area contributed by atoms with E-state index in [1.807, 2.05) is 19.9 Å². The van der Waals surface area contributed by atoms with Crippen LogP contribution in [0.4, 0.5) is 0 Å². The molecule has 8 heteroatoms. The summed E-state index contributed by atoms with van der Waals surface area (Å²) in [5.41, 5.74) is 3.40. The van der Waals surface area contributed by atoms with Gasteiger partial charge in [0.2, 0.25) is 0 Å². The minimum atomic E-state index is -0.442. The topological polar surface area (TPSA) is 72.8 Å². The number of halogens is 2. The van der Waals surface area contributed by atoms with Crippen LogP contribution in [-0.2, 0) is 0 Å². The minimum absolute atomic E-state index is 0.0586. The van der Waals surface area contributed by atoms with Crippen LogP contribution in [0.5, 0.6) is 11.5 Å². The maximum Gasteiger partial charge on any atom is 0.274 e. The third-order valence-corrected chi connectivity index (χ3v) is 4.42. The van der Waals surface area contributed by atoms with E-state index in [0.717, 1.165) is 16.5 Å². The molecule has 2 aromatic rings. The first-order chi connectivity index (χ1) is 12.5. The number of ether oxygens (including phenoxy) is 2. The fourth-order valence-electron chi connectivity index (χ4n) is 1.99. The van der Waals surface area contributed by atoms with Crippen molar-refractivity contribution in [1.82, 2.24) is 10.4 Å². The normalized spacial score (nSPS) is 12.0. The lowest BCUT2D eigenvalue weighted by Gasteiger charge is -2.17. The fourth-order valence-corrected chi connectivity index (χ4v) is 2.75. The summed E-state index contributed by atoms with van der Waals surface area (Å²) >= 11 is 9.37. The van der Waals surface area contributed by atoms with Crippen LogP contribution in [0, 0.1) is 0 Å². The van der Waals surface area contributed by atoms with Crippen LogP contribution in [0.2, 0.25) is 5.15 Å². The van der Waals surface area contributed by atoms with Crippen LogP contribution < -0.4 is 14.9 Å². The summed E-state index contributed by atoms with van der Waals surface area (Å²) in [4.78, 5) is 15.9. The lowest BCUT2D eigenvalue weighted by atomic mass is 10.2. The molecular formula is C18H19BrClN3O3. The van der Waals surface area contributed by atoms with Gasteiger partial charge in [-0.1, -0.05) is 18.5 Å². The van der Waals surface area contributed by atoms with E-state index in [0.29, 0.717) is 11.5 Å². The molecule has 0 fully saturated rings. The van der Waals surface area contributed by atoms with Crippen LogP contribution in [0.3, 0.4) is 0 Å². The van der Waals surface area contributed by atoms with Gasteiger partial charge in [-0.3, -0.25) is 4.79 Å². The van der Waals surface area contributed by atoms with Gasteiger partial charge in [-0.25, -0.2) is 10.4 Å². The zero-order valence-electron chi connectivity index (χ0n) is 14.6. The highest BCUT2D eigenvalue weighted by Crippen LogP contribution is 2.37. The number of hydrogen-bond acceptors (Lipinski definition) is 5. The third-order valence-electron chi connectivity index (χ3n) is 3.53. The first-order valence-electron chi connectivity index (χ1n) is 7.94. The van der Waals surface area contributed by atoms with Crippen LogP contribution in [0.25, 0.3) is 0 Å². The molecule has 1 aromatic heterocycles. The molecule has 26 heavy (non-hydrogen) atoms. The van der Waals surface area contributed by atoms with Gasteiger partial charge in [-0.2, -0.15) is 5.10 Å².